The molecule has 9 heteroatoms. The average Bonchev–Trinajstić information content (AvgIpc) is 3.12. The largest absolute Gasteiger partial charge is 0.354 e. The molecule has 0 radical (unpaired) electrons. The summed E-state index contributed by atoms with van der Waals surface area (Å²) in [5.41, 5.74) is 3.04. The summed E-state index contributed by atoms with van der Waals surface area (Å²) in [6, 6.07) is 8.96. The predicted octanol–water partition coefficient (Wildman–Crippen LogP) is 1.55. The molecule has 0 atom stereocenters. The summed E-state index contributed by atoms with van der Waals surface area (Å²) in [7, 11) is 0. The van der Waals surface area contributed by atoms with Gasteiger partial charge in [-0.05, 0) is 32.2 Å². The Morgan fingerprint density at radius 1 is 1.07 bits per heavy atom. The lowest BCUT2D eigenvalue weighted by atomic mass is 10.1. The molecular weight excluding hydrogens is 376 g/mol. The van der Waals surface area contributed by atoms with Crippen LogP contribution in [0.4, 0.5) is 0 Å². The number of amides is 2. The van der Waals surface area contributed by atoms with Crippen LogP contribution in [0.25, 0.3) is 5.78 Å². The molecule has 0 saturated carbocycles. The smallest absolute Gasteiger partial charge is 0.253 e. The molecule has 2 aromatic heterocycles. The molecular formula is C19H22N6O2S. The van der Waals surface area contributed by atoms with Crippen molar-refractivity contribution in [1.82, 2.24) is 30.2 Å². The van der Waals surface area contributed by atoms with Crippen LogP contribution in [0.1, 0.15) is 27.3 Å². The molecule has 2 heterocycles. The third-order valence-electron chi connectivity index (χ3n) is 4.32. The number of hydrogen-bond acceptors (Lipinski definition) is 6. The molecule has 0 aliphatic carbocycles. The molecule has 0 aliphatic heterocycles. The number of thioether (sulfide) groups is 1. The first-order valence-corrected chi connectivity index (χ1v) is 10.1. The SMILES string of the molecule is CSc1nc2nc(C)c(CC(=O)NCCNC(=O)c3ccccc3)c(C)n2n1. The van der Waals surface area contributed by atoms with Gasteiger partial charge in [0.1, 0.15) is 0 Å². The van der Waals surface area contributed by atoms with E-state index in [9.17, 15) is 9.59 Å². The Kier molecular flexibility index (Phi) is 6.25. The summed E-state index contributed by atoms with van der Waals surface area (Å²) in [5, 5.41) is 10.6. The Morgan fingerprint density at radius 3 is 2.50 bits per heavy atom. The molecule has 0 unspecified atom stereocenters. The van der Waals surface area contributed by atoms with E-state index in [0.29, 0.717) is 29.6 Å². The van der Waals surface area contributed by atoms with Gasteiger partial charge in [0.05, 0.1) is 6.42 Å². The highest BCUT2D eigenvalue weighted by Gasteiger charge is 2.15. The summed E-state index contributed by atoms with van der Waals surface area (Å²) in [6.45, 7) is 4.48. The van der Waals surface area contributed by atoms with Crippen molar-refractivity contribution in [2.24, 2.45) is 0 Å². The topological polar surface area (TPSA) is 101 Å². The summed E-state index contributed by atoms with van der Waals surface area (Å²) in [6.07, 6.45) is 2.10. The Bertz CT molecular complexity index is 1000. The van der Waals surface area contributed by atoms with Crippen LogP contribution < -0.4 is 10.6 Å². The number of hydrogen-bond donors (Lipinski definition) is 2. The van der Waals surface area contributed by atoms with Crippen molar-refractivity contribution >= 4 is 29.4 Å². The minimum Gasteiger partial charge on any atom is -0.354 e. The van der Waals surface area contributed by atoms with E-state index in [4.69, 9.17) is 0 Å². The number of carbonyl (C=O) groups is 2. The Hall–Kier alpha value is -2.94. The molecule has 146 valence electrons. The molecule has 0 spiro atoms. The second-order valence-electron chi connectivity index (χ2n) is 6.22. The summed E-state index contributed by atoms with van der Waals surface area (Å²) < 4.78 is 1.67. The van der Waals surface area contributed by atoms with Crippen molar-refractivity contribution < 1.29 is 9.59 Å². The van der Waals surface area contributed by atoms with Gasteiger partial charge < -0.3 is 10.6 Å². The van der Waals surface area contributed by atoms with Gasteiger partial charge in [-0.25, -0.2) is 9.50 Å². The van der Waals surface area contributed by atoms with E-state index in [2.05, 4.69) is 25.7 Å². The number of carbonyl (C=O) groups excluding carboxylic acids is 2. The first-order chi connectivity index (χ1) is 13.5. The Morgan fingerprint density at radius 2 is 1.79 bits per heavy atom. The maximum Gasteiger partial charge on any atom is 0.253 e. The fourth-order valence-electron chi connectivity index (χ4n) is 2.82. The summed E-state index contributed by atoms with van der Waals surface area (Å²) in [4.78, 5) is 33.1. The monoisotopic (exact) mass is 398 g/mol. The lowest BCUT2D eigenvalue weighted by Crippen LogP contribution is -2.35. The van der Waals surface area contributed by atoms with E-state index in [1.165, 1.54) is 11.8 Å². The fourth-order valence-corrected chi connectivity index (χ4v) is 3.16. The first-order valence-electron chi connectivity index (χ1n) is 8.86. The van der Waals surface area contributed by atoms with Gasteiger partial charge in [0.25, 0.3) is 11.7 Å². The normalized spacial score (nSPS) is 10.8. The molecule has 2 N–H and O–H groups in total. The summed E-state index contributed by atoms with van der Waals surface area (Å²) >= 11 is 1.45. The Balaban J connectivity index is 1.55. The lowest BCUT2D eigenvalue weighted by molar-refractivity contribution is -0.120. The number of nitrogens with zero attached hydrogens (tertiary/aromatic N) is 4. The van der Waals surface area contributed by atoms with Crippen LogP contribution >= 0.6 is 11.8 Å². The third-order valence-corrected chi connectivity index (χ3v) is 4.86. The zero-order valence-corrected chi connectivity index (χ0v) is 16.8. The number of aromatic nitrogens is 4. The molecule has 8 nitrogen and oxygen atoms in total. The highest BCUT2D eigenvalue weighted by molar-refractivity contribution is 7.98. The highest BCUT2D eigenvalue weighted by atomic mass is 32.2. The maximum absolute atomic E-state index is 12.3. The average molecular weight is 398 g/mol. The quantitative estimate of drug-likeness (QED) is 0.463. The molecule has 0 aliphatic rings. The van der Waals surface area contributed by atoms with E-state index in [1.807, 2.05) is 38.3 Å². The zero-order chi connectivity index (χ0) is 20.1. The van der Waals surface area contributed by atoms with E-state index in [-0.39, 0.29) is 18.2 Å². The van der Waals surface area contributed by atoms with E-state index in [0.717, 1.165) is 17.0 Å². The fraction of sp³-hybridized carbons (Fsp3) is 0.316. The minimum absolute atomic E-state index is 0.133. The lowest BCUT2D eigenvalue weighted by Gasteiger charge is -2.11. The standard InChI is InChI=1S/C19H22N6O2S/c1-12-15(13(2)25-18(22-12)23-19(24-25)28-3)11-16(26)20-9-10-21-17(27)14-7-5-4-6-8-14/h4-8H,9-11H2,1-3H3,(H,20,26)(H,21,27). The second kappa shape index (κ2) is 8.83. The van der Waals surface area contributed by atoms with E-state index < -0.39 is 0 Å². The van der Waals surface area contributed by atoms with Crippen molar-refractivity contribution in [2.75, 3.05) is 19.3 Å². The summed E-state index contributed by atoms with van der Waals surface area (Å²) in [5.74, 6) is 0.241. The van der Waals surface area contributed by atoms with Gasteiger partial charge >= 0.3 is 0 Å². The van der Waals surface area contributed by atoms with Crippen molar-refractivity contribution in [3.8, 4) is 0 Å². The van der Waals surface area contributed by atoms with E-state index >= 15 is 0 Å². The number of rotatable bonds is 7. The molecule has 3 aromatic rings. The van der Waals surface area contributed by atoms with Gasteiger partial charge in [-0.15, -0.1) is 5.10 Å². The van der Waals surface area contributed by atoms with Crippen LogP contribution in [0.3, 0.4) is 0 Å². The molecule has 28 heavy (non-hydrogen) atoms. The molecule has 0 bridgehead atoms. The van der Waals surface area contributed by atoms with Crippen LogP contribution in [0.2, 0.25) is 0 Å². The molecule has 3 rings (SSSR count). The van der Waals surface area contributed by atoms with Crippen molar-refractivity contribution in [1.29, 1.82) is 0 Å². The third kappa shape index (κ3) is 4.48. The van der Waals surface area contributed by atoms with Gasteiger partial charge in [-0.3, -0.25) is 9.59 Å². The van der Waals surface area contributed by atoms with Crippen molar-refractivity contribution in [2.45, 2.75) is 25.4 Å². The van der Waals surface area contributed by atoms with Gasteiger partial charge in [-0.2, -0.15) is 4.98 Å². The van der Waals surface area contributed by atoms with Crippen LogP contribution in [-0.2, 0) is 11.2 Å². The van der Waals surface area contributed by atoms with Crippen molar-refractivity contribution in [3.63, 3.8) is 0 Å². The van der Waals surface area contributed by atoms with Crippen LogP contribution in [0.5, 0.6) is 0 Å². The molecule has 2 amide bonds. The van der Waals surface area contributed by atoms with Crippen LogP contribution in [0, 0.1) is 13.8 Å². The number of fused-ring (bicyclic) bond motifs is 1. The van der Waals surface area contributed by atoms with Crippen LogP contribution in [-0.4, -0.2) is 50.7 Å². The zero-order valence-electron chi connectivity index (χ0n) is 16.0. The number of aryl methyl sites for hydroxylation is 2. The molecule has 1 aromatic carbocycles. The Labute approximate surface area is 167 Å². The predicted molar refractivity (Wildman–Crippen MR) is 108 cm³/mol. The maximum atomic E-state index is 12.3. The van der Waals surface area contributed by atoms with Gasteiger partial charge in [-0.1, -0.05) is 30.0 Å². The van der Waals surface area contributed by atoms with Crippen molar-refractivity contribution in [3.05, 3.63) is 52.8 Å². The first kappa shape index (κ1) is 19.8. The molecule has 0 saturated heterocycles. The highest BCUT2D eigenvalue weighted by Crippen LogP contribution is 2.17. The van der Waals surface area contributed by atoms with Gasteiger partial charge in [0, 0.05) is 35.6 Å². The second-order valence-corrected chi connectivity index (χ2v) is 6.99. The van der Waals surface area contributed by atoms with Gasteiger partial charge in [0.15, 0.2) is 0 Å². The number of benzene rings is 1. The number of nitrogens with one attached hydrogen (secondary N) is 2. The van der Waals surface area contributed by atoms with E-state index in [1.54, 1.807) is 16.6 Å². The molecule has 0 fully saturated rings. The minimum atomic E-state index is -0.160. The van der Waals surface area contributed by atoms with Gasteiger partial charge in [0.2, 0.25) is 11.1 Å². The van der Waals surface area contributed by atoms with Crippen LogP contribution in [0.15, 0.2) is 35.5 Å².